The molecule has 3 rings (SSSR count). The molecule has 1 aromatic heterocycles. The Hall–Kier alpha value is -1.29. The van der Waals surface area contributed by atoms with Crippen LogP contribution < -0.4 is 10.2 Å². The van der Waals surface area contributed by atoms with Crippen LogP contribution in [0.15, 0.2) is 18.3 Å². The summed E-state index contributed by atoms with van der Waals surface area (Å²) >= 11 is 0. The third kappa shape index (κ3) is 3.18. The Kier molecular flexibility index (Phi) is 3.87. The van der Waals surface area contributed by atoms with Crippen LogP contribution in [0.4, 0.5) is 11.5 Å². The minimum atomic E-state index is 0.568. The van der Waals surface area contributed by atoms with E-state index in [-0.39, 0.29) is 0 Å². The summed E-state index contributed by atoms with van der Waals surface area (Å²) in [6, 6.07) is 4.90. The number of nitrogens with zero attached hydrogens (tertiary/aromatic N) is 3. The number of likely N-dealkylation sites (N-methyl/N-ethyl adjacent to an activating group) is 1. The van der Waals surface area contributed by atoms with Crippen LogP contribution in [0.3, 0.4) is 0 Å². The second kappa shape index (κ2) is 5.78. The Labute approximate surface area is 115 Å². The van der Waals surface area contributed by atoms with Gasteiger partial charge in [0.15, 0.2) is 0 Å². The molecule has 4 heteroatoms. The summed E-state index contributed by atoms with van der Waals surface area (Å²) in [7, 11) is 2.20. The van der Waals surface area contributed by atoms with Crippen LogP contribution in [-0.2, 0) is 0 Å². The lowest BCUT2D eigenvalue weighted by atomic mass is 10.1. The highest BCUT2D eigenvalue weighted by atomic mass is 15.2. The predicted octanol–water partition coefficient (Wildman–Crippen LogP) is 2.19. The van der Waals surface area contributed by atoms with Crippen LogP contribution in [0.1, 0.15) is 25.7 Å². The lowest BCUT2D eigenvalue weighted by molar-refractivity contribution is 0.261. The summed E-state index contributed by atoms with van der Waals surface area (Å²) in [5.41, 5.74) is 1.16. The van der Waals surface area contributed by atoms with E-state index >= 15 is 0 Å². The fourth-order valence-electron chi connectivity index (χ4n) is 3.12. The molecule has 3 heterocycles. The van der Waals surface area contributed by atoms with E-state index in [0.717, 1.165) is 31.1 Å². The molecule has 0 aliphatic carbocycles. The molecule has 0 aromatic carbocycles. The molecule has 2 saturated heterocycles. The second-order valence-electron chi connectivity index (χ2n) is 5.84. The van der Waals surface area contributed by atoms with Crippen molar-refractivity contribution in [1.82, 2.24) is 9.88 Å². The van der Waals surface area contributed by atoms with E-state index in [9.17, 15) is 0 Å². The van der Waals surface area contributed by atoms with Gasteiger partial charge in [-0.05, 0) is 51.4 Å². The molecule has 2 aliphatic heterocycles. The third-order valence-corrected chi connectivity index (χ3v) is 4.17. The normalized spacial score (nSPS) is 24.7. The fourth-order valence-corrected chi connectivity index (χ4v) is 3.12. The van der Waals surface area contributed by atoms with E-state index < -0.39 is 0 Å². The summed E-state index contributed by atoms with van der Waals surface area (Å²) in [6.45, 7) is 4.68. The highest BCUT2D eigenvalue weighted by Crippen LogP contribution is 2.20. The van der Waals surface area contributed by atoms with E-state index in [1.54, 1.807) is 0 Å². The van der Waals surface area contributed by atoms with Crippen LogP contribution >= 0.6 is 0 Å². The van der Waals surface area contributed by atoms with Crippen LogP contribution in [0, 0.1) is 0 Å². The number of rotatable bonds is 3. The first-order valence-corrected chi connectivity index (χ1v) is 7.47. The average Bonchev–Trinajstić information content (AvgIpc) is 2.94. The SMILES string of the molecule is CN1CCCC(Nc2ccc(N3CCCC3)nc2)C1. The number of likely N-dealkylation sites (tertiary alicyclic amines) is 1. The fraction of sp³-hybridized carbons (Fsp3) is 0.667. The van der Waals surface area contributed by atoms with Gasteiger partial charge >= 0.3 is 0 Å². The average molecular weight is 260 g/mol. The van der Waals surface area contributed by atoms with Gasteiger partial charge in [0, 0.05) is 25.7 Å². The van der Waals surface area contributed by atoms with Gasteiger partial charge in [-0.25, -0.2) is 4.98 Å². The Morgan fingerprint density at radius 1 is 1.16 bits per heavy atom. The Balaban J connectivity index is 1.59. The summed E-state index contributed by atoms with van der Waals surface area (Å²) in [5.74, 6) is 1.13. The second-order valence-corrected chi connectivity index (χ2v) is 5.84. The van der Waals surface area contributed by atoms with Crippen molar-refractivity contribution in [1.29, 1.82) is 0 Å². The summed E-state index contributed by atoms with van der Waals surface area (Å²) in [4.78, 5) is 9.36. The first kappa shape index (κ1) is 12.7. The van der Waals surface area contributed by atoms with E-state index in [1.807, 2.05) is 6.20 Å². The van der Waals surface area contributed by atoms with Gasteiger partial charge in [-0.3, -0.25) is 0 Å². The summed E-state index contributed by atoms with van der Waals surface area (Å²) < 4.78 is 0. The number of hydrogen-bond donors (Lipinski definition) is 1. The summed E-state index contributed by atoms with van der Waals surface area (Å²) in [6.07, 6.45) is 7.14. The van der Waals surface area contributed by atoms with Crippen molar-refractivity contribution in [2.45, 2.75) is 31.7 Å². The molecule has 0 spiro atoms. The van der Waals surface area contributed by atoms with Gasteiger partial charge in [-0.2, -0.15) is 0 Å². The maximum absolute atomic E-state index is 4.60. The standard InChI is InChI=1S/C15H24N4/c1-18-8-4-5-14(12-18)17-13-6-7-15(16-11-13)19-9-2-3-10-19/h6-7,11,14,17H,2-5,8-10,12H2,1H3. The van der Waals surface area contributed by atoms with E-state index in [0.29, 0.717) is 6.04 Å². The topological polar surface area (TPSA) is 31.4 Å². The van der Waals surface area contributed by atoms with Crippen LogP contribution in [0.5, 0.6) is 0 Å². The van der Waals surface area contributed by atoms with Gasteiger partial charge in [-0.1, -0.05) is 0 Å². The Morgan fingerprint density at radius 2 is 2.00 bits per heavy atom. The lowest BCUT2D eigenvalue weighted by Gasteiger charge is -2.30. The number of piperidine rings is 1. The molecule has 0 bridgehead atoms. The lowest BCUT2D eigenvalue weighted by Crippen LogP contribution is -2.39. The maximum atomic E-state index is 4.60. The van der Waals surface area contributed by atoms with Crippen molar-refractivity contribution in [2.75, 3.05) is 43.4 Å². The monoisotopic (exact) mass is 260 g/mol. The molecular formula is C15H24N4. The van der Waals surface area contributed by atoms with Crippen molar-refractivity contribution in [3.8, 4) is 0 Å². The van der Waals surface area contributed by atoms with Gasteiger partial charge in [0.05, 0.1) is 11.9 Å². The van der Waals surface area contributed by atoms with Gasteiger partial charge < -0.3 is 15.1 Å². The Morgan fingerprint density at radius 3 is 2.68 bits per heavy atom. The minimum absolute atomic E-state index is 0.568. The molecule has 0 radical (unpaired) electrons. The van der Waals surface area contributed by atoms with Gasteiger partial charge in [-0.15, -0.1) is 0 Å². The molecule has 0 saturated carbocycles. The van der Waals surface area contributed by atoms with E-state index in [2.05, 4.69) is 39.3 Å². The number of hydrogen-bond acceptors (Lipinski definition) is 4. The van der Waals surface area contributed by atoms with Crippen LogP contribution in [-0.4, -0.2) is 49.2 Å². The number of anilines is 2. The van der Waals surface area contributed by atoms with Crippen molar-refractivity contribution < 1.29 is 0 Å². The van der Waals surface area contributed by atoms with Crippen molar-refractivity contribution >= 4 is 11.5 Å². The van der Waals surface area contributed by atoms with Crippen LogP contribution in [0.2, 0.25) is 0 Å². The molecule has 2 fully saturated rings. The zero-order valence-electron chi connectivity index (χ0n) is 11.8. The molecule has 104 valence electrons. The zero-order chi connectivity index (χ0) is 13.1. The quantitative estimate of drug-likeness (QED) is 0.902. The molecule has 0 amide bonds. The molecule has 4 nitrogen and oxygen atoms in total. The third-order valence-electron chi connectivity index (χ3n) is 4.17. The highest BCUT2D eigenvalue weighted by molar-refractivity contribution is 5.49. The molecule has 19 heavy (non-hydrogen) atoms. The first-order chi connectivity index (χ1) is 9.31. The van der Waals surface area contributed by atoms with Gasteiger partial charge in [0.1, 0.15) is 5.82 Å². The van der Waals surface area contributed by atoms with Crippen molar-refractivity contribution in [2.24, 2.45) is 0 Å². The van der Waals surface area contributed by atoms with Gasteiger partial charge in [0.2, 0.25) is 0 Å². The Bertz CT molecular complexity index is 397. The summed E-state index contributed by atoms with van der Waals surface area (Å²) in [5, 5.41) is 3.61. The highest BCUT2D eigenvalue weighted by Gasteiger charge is 2.17. The molecule has 1 N–H and O–H groups in total. The minimum Gasteiger partial charge on any atom is -0.380 e. The first-order valence-electron chi connectivity index (χ1n) is 7.47. The maximum Gasteiger partial charge on any atom is 0.128 e. The predicted molar refractivity (Wildman–Crippen MR) is 79.8 cm³/mol. The number of aromatic nitrogens is 1. The molecule has 2 aliphatic rings. The van der Waals surface area contributed by atoms with E-state index in [4.69, 9.17) is 0 Å². The molecule has 1 atom stereocenters. The van der Waals surface area contributed by atoms with Crippen molar-refractivity contribution in [3.63, 3.8) is 0 Å². The number of nitrogens with one attached hydrogen (secondary N) is 1. The van der Waals surface area contributed by atoms with Crippen molar-refractivity contribution in [3.05, 3.63) is 18.3 Å². The van der Waals surface area contributed by atoms with E-state index in [1.165, 1.54) is 32.2 Å². The molecule has 1 aromatic rings. The number of pyridine rings is 1. The molecule has 1 unspecified atom stereocenters. The zero-order valence-corrected chi connectivity index (χ0v) is 11.8. The smallest absolute Gasteiger partial charge is 0.128 e. The van der Waals surface area contributed by atoms with Gasteiger partial charge in [0.25, 0.3) is 0 Å². The largest absolute Gasteiger partial charge is 0.380 e. The molecular weight excluding hydrogens is 236 g/mol. The van der Waals surface area contributed by atoms with Crippen LogP contribution in [0.25, 0.3) is 0 Å².